The monoisotopic (exact) mass is 268 g/mol. The molecule has 0 aliphatic heterocycles. The molecule has 1 atom stereocenters. The predicted octanol–water partition coefficient (Wildman–Crippen LogP) is 1.84. The van der Waals surface area contributed by atoms with Crippen molar-refractivity contribution in [2.45, 2.75) is 13.8 Å². The molecule has 0 aromatic rings. The van der Waals surface area contributed by atoms with Crippen LogP contribution in [0.4, 0.5) is 0 Å². The van der Waals surface area contributed by atoms with Gasteiger partial charge in [-0.15, -0.1) is 0 Å². The molecular weight excluding hydrogens is 256 g/mol. The van der Waals surface area contributed by atoms with Gasteiger partial charge in [-0.25, -0.2) is 0 Å². The first-order valence-electron chi connectivity index (χ1n) is 3.84. The maximum atomic E-state index is 11.5. The number of rotatable bonds is 4. The maximum Gasteiger partial charge on any atom is 0.320 e. The molecular formula is C8H13BrO3S. The standard InChI is InChI=1S/C8H13BrO3S/c1-4-13-7(11)8(2,5-9)6(10)12-3/h4-5H2,1-3H3/t8-/m0/s1. The van der Waals surface area contributed by atoms with E-state index in [4.69, 9.17) is 0 Å². The van der Waals surface area contributed by atoms with Crippen molar-refractivity contribution in [3.63, 3.8) is 0 Å². The molecule has 0 aromatic carbocycles. The van der Waals surface area contributed by atoms with Gasteiger partial charge in [-0.1, -0.05) is 34.6 Å². The molecule has 0 saturated heterocycles. The van der Waals surface area contributed by atoms with Crippen molar-refractivity contribution in [1.29, 1.82) is 0 Å². The van der Waals surface area contributed by atoms with Crippen LogP contribution >= 0.6 is 27.7 Å². The van der Waals surface area contributed by atoms with Crippen LogP contribution in [0, 0.1) is 5.41 Å². The Hall–Kier alpha value is -0.0300. The first-order chi connectivity index (χ1) is 6.02. The largest absolute Gasteiger partial charge is 0.468 e. The van der Waals surface area contributed by atoms with Crippen molar-refractivity contribution in [3.05, 3.63) is 0 Å². The molecule has 0 amide bonds. The van der Waals surface area contributed by atoms with E-state index < -0.39 is 11.4 Å². The van der Waals surface area contributed by atoms with Crippen molar-refractivity contribution >= 4 is 38.8 Å². The van der Waals surface area contributed by atoms with Gasteiger partial charge in [-0.3, -0.25) is 9.59 Å². The minimum absolute atomic E-state index is 0.154. The highest BCUT2D eigenvalue weighted by atomic mass is 79.9. The fraction of sp³-hybridized carbons (Fsp3) is 0.750. The lowest BCUT2D eigenvalue weighted by molar-refractivity contribution is -0.152. The third-order valence-electron chi connectivity index (χ3n) is 1.63. The topological polar surface area (TPSA) is 43.4 Å². The lowest BCUT2D eigenvalue weighted by Crippen LogP contribution is -2.37. The van der Waals surface area contributed by atoms with E-state index in [1.807, 2.05) is 6.92 Å². The quantitative estimate of drug-likeness (QED) is 0.444. The number of alkyl halides is 1. The molecule has 0 radical (unpaired) electrons. The Bertz CT molecular complexity index is 208. The number of esters is 1. The summed E-state index contributed by atoms with van der Waals surface area (Å²) in [5.74, 6) is 0.175. The summed E-state index contributed by atoms with van der Waals surface area (Å²) < 4.78 is 4.57. The highest BCUT2D eigenvalue weighted by molar-refractivity contribution is 9.09. The van der Waals surface area contributed by atoms with Crippen molar-refractivity contribution < 1.29 is 14.3 Å². The van der Waals surface area contributed by atoms with Gasteiger partial charge in [0.2, 0.25) is 5.12 Å². The van der Waals surface area contributed by atoms with Crippen LogP contribution in [0.25, 0.3) is 0 Å². The van der Waals surface area contributed by atoms with E-state index in [9.17, 15) is 9.59 Å². The molecule has 0 aromatic heterocycles. The SMILES string of the molecule is CCSC(=O)[C@@](C)(CBr)C(=O)OC. The zero-order chi connectivity index (χ0) is 10.5. The second-order valence-corrected chi connectivity index (χ2v) is 4.48. The fourth-order valence-electron chi connectivity index (χ4n) is 0.708. The average Bonchev–Trinajstić information content (AvgIpc) is 2.15. The summed E-state index contributed by atoms with van der Waals surface area (Å²) >= 11 is 4.29. The minimum Gasteiger partial charge on any atom is -0.468 e. The van der Waals surface area contributed by atoms with Gasteiger partial charge in [0.25, 0.3) is 0 Å². The summed E-state index contributed by atoms with van der Waals surface area (Å²) in [6, 6.07) is 0. The average molecular weight is 269 g/mol. The molecule has 0 unspecified atom stereocenters. The van der Waals surface area contributed by atoms with Gasteiger partial charge in [0.1, 0.15) is 5.41 Å². The van der Waals surface area contributed by atoms with Gasteiger partial charge in [-0.05, 0) is 12.7 Å². The van der Waals surface area contributed by atoms with Crippen LogP contribution in [-0.4, -0.2) is 29.3 Å². The molecule has 0 N–H and O–H groups in total. The van der Waals surface area contributed by atoms with Crippen LogP contribution in [0.3, 0.4) is 0 Å². The minimum atomic E-state index is -1.06. The number of methoxy groups -OCH3 is 1. The second-order valence-electron chi connectivity index (χ2n) is 2.68. The summed E-state index contributed by atoms with van der Waals surface area (Å²) in [7, 11) is 1.28. The number of halogens is 1. The molecule has 0 bridgehead atoms. The van der Waals surface area contributed by atoms with Crippen LogP contribution < -0.4 is 0 Å². The fourth-order valence-corrected chi connectivity index (χ4v) is 2.11. The number of thioether (sulfide) groups is 1. The lowest BCUT2D eigenvalue weighted by Gasteiger charge is -2.21. The van der Waals surface area contributed by atoms with E-state index >= 15 is 0 Å². The normalized spacial score (nSPS) is 14.8. The van der Waals surface area contributed by atoms with Gasteiger partial charge in [0.15, 0.2) is 0 Å². The Morgan fingerprint density at radius 2 is 2.08 bits per heavy atom. The predicted molar refractivity (Wildman–Crippen MR) is 57.1 cm³/mol. The smallest absolute Gasteiger partial charge is 0.320 e. The van der Waals surface area contributed by atoms with E-state index in [1.54, 1.807) is 6.92 Å². The summed E-state index contributed by atoms with van der Waals surface area (Å²) in [6.45, 7) is 3.45. The van der Waals surface area contributed by atoms with Gasteiger partial charge in [-0.2, -0.15) is 0 Å². The molecule has 13 heavy (non-hydrogen) atoms. The number of hydrogen-bond acceptors (Lipinski definition) is 4. The molecule has 0 heterocycles. The molecule has 0 aliphatic rings. The van der Waals surface area contributed by atoms with Crippen molar-refractivity contribution in [2.24, 2.45) is 5.41 Å². The summed E-state index contributed by atoms with van der Waals surface area (Å²) in [5, 5.41) is 0.136. The van der Waals surface area contributed by atoms with E-state index in [1.165, 1.54) is 7.11 Å². The van der Waals surface area contributed by atoms with E-state index in [0.717, 1.165) is 11.8 Å². The molecule has 0 fully saturated rings. The van der Waals surface area contributed by atoms with Crippen LogP contribution in [0.5, 0.6) is 0 Å². The van der Waals surface area contributed by atoms with Crippen LogP contribution in [-0.2, 0) is 14.3 Å². The summed E-state index contributed by atoms with van der Waals surface area (Å²) in [4.78, 5) is 22.8. The van der Waals surface area contributed by atoms with E-state index in [0.29, 0.717) is 11.1 Å². The van der Waals surface area contributed by atoms with Crippen molar-refractivity contribution in [2.75, 3.05) is 18.2 Å². The molecule has 0 spiro atoms. The van der Waals surface area contributed by atoms with Gasteiger partial charge >= 0.3 is 5.97 Å². The lowest BCUT2D eigenvalue weighted by atomic mass is 9.96. The van der Waals surface area contributed by atoms with Crippen LogP contribution in [0.2, 0.25) is 0 Å². The Balaban J connectivity index is 4.61. The first-order valence-corrected chi connectivity index (χ1v) is 5.95. The molecule has 0 rings (SSSR count). The Labute approximate surface area is 90.7 Å². The van der Waals surface area contributed by atoms with Crippen LogP contribution in [0.1, 0.15) is 13.8 Å². The van der Waals surface area contributed by atoms with Gasteiger partial charge in [0, 0.05) is 5.33 Å². The van der Waals surface area contributed by atoms with Gasteiger partial charge < -0.3 is 4.74 Å². The number of ether oxygens (including phenoxy) is 1. The molecule has 0 aliphatic carbocycles. The van der Waals surface area contributed by atoms with Crippen LogP contribution in [0.15, 0.2) is 0 Å². The number of carbonyl (C=O) groups is 2. The number of carbonyl (C=O) groups excluding carboxylic acids is 2. The Morgan fingerprint density at radius 1 is 1.54 bits per heavy atom. The zero-order valence-corrected chi connectivity index (χ0v) is 10.3. The molecule has 5 heteroatoms. The third kappa shape index (κ3) is 2.98. The molecule has 3 nitrogen and oxygen atoms in total. The second kappa shape index (κ2) is 5.65. The maximum absolute atomic E-state index is 11.5. The Kier molecular flexibility index (Phi) is 5.64. The van der Waals surface area contributed by atoms with E-state index in [-0.39, 0.29) is 5.12 Å². The molecule has 0 saturated carbocycles. The highest BCUT2D eigenvalue weighted by Gasteiger charge is 2.41. The summed E-state index contributed by atoms with van der Waals surface area (Å²) in [5.41, 5.74) is -1.06. The molecule has 76 valence electrons. The van der Waals surface area contributed by atoms with Crippen molar-refractivity contribution in [1.82, 2.24) is 0 Å². The van der Waals surface area contributed by atoms with E-state index in [2.05, 4.69) is 20.7 Å². The van der Waals surface area contributed by atoms with Crippen molar-refractivity contribution in [3.8, 4) is 0 Å². The zero-order valence-electron chi connectivity index (χ0n) is 7.93. The third-order valence-corrected chi connectivity index (χ3v) is 3.75. The Morgan fingerprint density at radius 3 is 2.38 bits per heavy atom. The van der Waals surface area contributed by atoms with Gasteiger partial charge in [0.05, 0.1) is 7.11 Å². The first kappa shape index (κ1) is 13.0. The highest BCUT2D eigenvalue weighted by Crippen LogP contribution is 2.28. The number of hydrogen-bond donors (Lipinski definition) is 0. The summed E-state index contributed by atoms with van der Waals surface area (Å²) in [6.07, 6.45) is 0.